The molecular formula is C18H21N3O4. The minimum Gasteiger partial charge on any atom is -0.452 e. The van der Waals surface area contributed by atoms with Crippen molar-refractivity contribution >= 4 is 17.6 Å². The van der Waals surface area contributed by atoms with Gasteiger partial charge in [0.25, 0.3) is 5.89 Å². The van der Waals surface area contributed by atoms with Crippen LogP contribution in [0, 0.1) is 12.8 Å². The summed E-state index contributed by atoms with van der Waals surface area (Å²) < 4.78 is 10.4. The summed E-state index contributed by atoms with van der Waals surface area (Å²) in [5.74, 6) is -0.249. The van der Waals surface area contributed by atoms with Crippen LogP contribution in [0.15, 0.2) is 28.8 Å². The highest BCUT2D eigenvalue weighted by atomic mass is 16.6. The Morgan fingerprint density at radius 1 is 1.44 bits per heavy atom. The molecule has 25 heavy (non-hydrogen) atoms. The second-order valence-electron chi connectivity index (χ2n) is 6.15. The molecule has 1 aliphatic rings. The zero-order valence-electron chi connectivity index (χ0n) is 14.6. The normalized spacial score (nSPS) is 18.4. The molecule has 0 radical (unpaired) electrons. The van der Waals surface area contributed by atoms with Gasteiger partial charge in [-0.3, -0.25) is 9.59 Å². The number of benzene rings is 1. The molecule has 0 aliphatic carbocycles. The molecule has 0 N–H and O–H groups in total. The third kappa shape index (κ3) is 3.55. The first-order valence-corrected chi connectivity index (χ1v) is 8.38. The zero-order chi connectivity index (χ0) is 18.0. The summed E-state index contributed by atoms with van der Waals surface area (Å²) in [4.78, 5) is 30.5. The average molecular weight is 343 g/mol. The molecule has 1 amide bonds. The van der Waals surface area contributed by atoms with Crippen LogP contribution in [0.25, 0.3) is 0 Å². The standard InChI is InChI=1S/C18H21N3O4/c1-4-13-7-5-6-8-15(13)21-10-14(9-16(21)22)18(23)24-11(2)17-19-12(3)20-25-17/h5-8,11,14H,4,9-10H2,1-3H3. The summed E-state index contributed by atoms with van der Waals surface area (Å²) in [6.45, 7) is 5.73. The Hall–Kier alpha value is -2.70. The second kappa shape index (κ2) is 7.04. The van der Waals surface area contributed by atoms with Crippen LogP contribution in [0.5, 0.6) is 0 Å². The van der Waals surface area contributed by atoms with Gasteiger partial charge in [-0.05, 0) is 31.9 Å². The van der Waals surface area contributed by atoms with Crippen molar-refractivity contribution in [2.45, 2.75) is 39.7 Å². The van der Waals surface area contributed by atoms with Gasteiger partial charge in [0.05, 0.1) is 5.92 Å². The van der Waals surface area contributed by atoms with Crippen molar-refractivity contribution in [1.29, 1.82) is 0 Å². The molecule has 1 aromatic carbocycles. The Kier molecular flexibility index (Phi) is 4.83. The van der Waals surface area contributed by atoms with Gasteiger partial charge in [-0.2, -0.15) is 4.98 Å². The van der Waals surface area contributed by atoms with E-state index in [4.69, 9.17) is 9.26 Å². The number of hydrogen-bond donors (Lipinski definition) is 0. The molecule has 0 bridgehead atoms. The number of carbonyl (C=O) groups excluding carboxylic acids is 2. The van der Waals surface area contributed by atoms with E-state index < -0.39 is 18.0 Å². The van der Waals surface area contributed by atoms with E-state index in [9.17, 15) is 9.59 Å². The summed E-state index contributed by atoms with van der Waals surface area (Å²) in [6, 6.07) is 7.75. The highest BCUT2D eigenvalue weighted by Gasteiger charge is 2.37. The highest BCUT2D eigenvalue weighted by molar-refractivity contribution is 6.00. The molecule has 3 rings (SSSR count). The summed E-state index contributed by atoms with van der Waals surface area (Å²) in [5, 5.41) is 3.69. The van der Waals surface area contributed by atoms with Crippen molar-refractivity contribution in [2.75, 3.05) is 11.4 Å². The number of ether oxygens (including phenoxy) is 1. The molecule has 2 unspecified atom stereocenters. The van der Waals surface area contributed by atoms with Crippen LogP contribution in [-0.4, -0.2) is 28.6 Å². The second-order valence-corrected chi connectivity index (χ2v) is 6.15. The van der Waals surface area contributed by atoms with Crippen molar-refractivity contribution in [2.24, 2.45) is 5.92 Å². The number of esters is 1. The Labute approximate surface area is 146 Å². The third-order valence-corrected chi connectivity index (χ3v) is 4.31. The average Bonchev–Trinajstić information content (AvgIpc) is 3.20. The first-order chi connectivity index (χ1) is 12.0. The number of carbonyl (C=O) groups is 2. The van der Waals surface area contributed by atoms with Crippen LogP contribution in [0.4, 0.5) is 5.69 Å². The number of rotatable bonds is 5. The van der Waals surface area contributed by atoms with Crippen molar-refractivity contribution in [1.82, 2.24) is 10.1 Å². The molecule has 7 heteroatoms. The lowest BCUT2D eigenvalue weighted by Crippen LogP contribution is -2.27. The number of anilines is 1. The maximum Gasteiger partial charge on any atom is 0.312 e. The Bertz CT molecular complexity index is 786. The fourth-order valence-corrected chi connectivity index (χ4v) is 2.97. The van der Waals surface area contributed by atoms with Crippen molar-refractivity contribution in [3.63, 3.8) is 0 Å². The molecule has 2 heterocycles. The van der Waals surface area contributed by atoms with Crippen LogP contribution in [-0.2, 0) is 20.7 Å². The quantitative estimate of drug-likeness (QED) is 0.776. The molecular weight excluding hydrogens is 322 g/mol. The largest absolute Gasteiger partial charge is 0.452 e. The van der Waals surface area contributed by atoms with Crippen LogP contribution < -0.4 is 4.90 Å². The van der Waals surface area contributed by atoms with Crippen LogP contribution in [0.3, 0.4) is 0 Å². The molecule has 1 aromatic heterocycles. The van der Waals surface area contributed by atoms with Gasteiger partial charge in [0.1, 0.15) is 0 Å². The monoisotopic (exact) mass is 343 g/mol. The van der Waals surface area contributed by atoms with Gasteiger partial charge in [0.15, 0.2) is 11.9 Å². The number of aromatic nitrogens is 2. The van der Waals surface area contributed by atoms with E-state index in [1.807, 2.05) is 31.2 Å². The lowest BCUT2D eigenvalue weighted by atomic mass is 10.1. The number of hydrogen-bond acceptors (Lipinski definition) is 6. The van der Waals surface area contributed by atoms with E-state index in [-0.39, 0.29) is 18.2 Å². The Morgan fingerprint density at radius 2 is 2.20 bits per heavy atom. The molecule has 132 valence electrons. The predicted octanol–water partition coefficient (Wildman–Crippen LogP) is 2.60. The van der Waals surface area contributed by atoms with Gasteiger partial charge in [-0.25, -0.2) is 0 Å². The maximum atomic E-state index is 12.4. The summed E-state index contributed by atoms with van der Waals surface area (Å²) in [7, 11) is 0. The predicted molar refractivity (Wildman–Crippen MR) is 89.8 cm³/mol. The van der Waals surface area contributed by atoms with Gasteiger partial charge in [-0.15, -0.1) is 0 Å². The van der Waals surface area contributed by atoms with Crippen LogP contribution in [0.1, 0.15) is 43.7 Å². The number of aryl methyl sites for hydroxylation is 2. The van der Waals surface area contributed by atoms with Gasteiger partial charge in [-0.1, -0.05) is 30.3 Å². The van der Waals surface area contributed by atoms with Crippen molar-refractivity contribution in [3.05, 3.63) is 41.5 Å². The number of para-hydroxylation sites is 1. The summed E-state index contributed by atoms with van der Waals surface area (Å²) in [5.41, 5.74) is 1.95. The highest BCUT2D eigenvalue weighted by Crippen LogP contribution is 2.30. The number of amides is 1. The van der Waals surface area contributed by atoms with Gasteiger partial charge in [0, 0.05) is 18.7 Å². The lowest BCUT2D eigenvalue weighted by molar-refractivity contribution is -0.154. The molecule has 2 atom stereocenters. The number of nitrogens with zero attached hydrogens (tertiary/aromatic N) is 3. The summed E-state index contributed by atoms with van der Waals surface area (Å²) >= 11 is 0. The fourth-order valence-electron chi connectivity index (χ4n) is 2.97. The van der Waals surface area contributed by atoms with Gasteiger partial charge in [0.2, 0.25) is 5.91 Å². The molecule has 7 nitrogen and oxygen atoms in total. The Balaban J connectivity index is 1.68. The maximum absolute atomic E-state index is 12.4. The summed E-state index contributed by atoms with van der Waals surface area (Å²) in [6.07, 6.45) is 0.329. The van der Waals surface area contributed by atoms with Crippen molar-refractivity contribution < 1.29 is 18.8 Å². The Morgan fingerprint density at radius 3 is 2.88 bits per heavy atom. The minimum absolute atomic E-state index is 0.0656. The SMILES string of the molecule is CCc1ccccc1N1CC(C(=O)OC(C)c2nc(C)no2)CC1=O. The lowest BCUT2D eigenvalue weighted by Gasteiger charge is -2.20. The van der Waals surface area contributed by atoms with Crippen molar-refractivity contribution in [3.8, 4) is 0 Å². The molecule has 0 spiro atoms. The first kappa shape index (κ1) is 17.1. The van der Waals surface area contributed by atoms with Gasteiger partial charge < -0.3 is 14.2 Å². The zero-order valence-corrected chi connectivity index (χ0v) is 14.6. The first-order valence-electron chi connectivity index (χ1n) is 8.38. The van der Waals surface area contributed by atoms with E-state index in [2.05, 4.69) is 10.1 Å². The van der Waals surface area contributed by atoms with Crippen LogP contribution in [0.2, 0.25) is 0 Å². The molecule has 1 fully saturated rings. The van der Waals surface area contributed by atoms with E-state index >= 15 is 0 Å². The smallest absolute Gasteiger partial charge is 0.312 e. The topological polar surface area (TPSA) is 85.5 Å². The van der Waals surface area contributed by atoms with E-state index in [0.717, 1.165) is 17.7 Å². The molecule has 1 aliphatic heterocycles. The van der Waals surface area contributed by atoms with Gasteiger partial charge >= 0.3 is 5.97 Å². The molecule has 1 saturated heterocycles. The van der Waals surface area contributed by atoms with E-state index in [1.54, 1.807) is 18.7 Å². The van der Waals surface area contributed by atoms with Crippen LogP contribution >= 0.6 is 0 Å². The van der Waals surface area contributed by atoms with E-state index in [1.165, 1.54) is 0 Å². The third-order valence-electron chi connectivity index (χ3n) is 4.31. The van der Waals surface area contributed by atoms with E-state index in [0.29, 0.717) is 12.4 Å². The minimum atomic E-state index is -0.638. The fraction of sp³-hybridized carbons (Fsp3) is 0.444. The molecule has 2 aromatic rings. The molecule has 0 saturated carbocycles.